The monoisotopic (exact) mass is 348 g/mol. The number of ether oxygens (including phenoxy) is 2. The lowest BCUT2D eigenvalue weighted by molar-refractivity contribution is -0.151. The Morgan fingerprint density at radius 1 is 1.16 bits per heavy atom. The molecule has 1 heterocycles. The first kappa shape index (κ1) is 18.8. The molecule has 2 aliphatic carbocycles. The fourth-order valence-corrected chi connectivity index (χ4v) is 4.77. The third-order valence-electron chi connectivity index (χ3n) is 6.43. The quantitative estimate of drug-likeness (QED) is 0.771. The summed E-state index contributed by atoms with van der Waals surface area (Å²) in [6.07, 6.45) is 10.6. The minimum Gasteiger partial charge on any atom is -0.391 e. The van der Waals surface area contributed by atoms with E-state index in [2.05, 4.69) is 26.0 Å². The molecule has 0 aromatic rings. The van der Waals surface area contributed by atoms with Crippen LogP contribution in [0.4, 0.5) is 0 Å². The van der Waals surface area contributed by atoms with E-state index in [9.17, 15) is 9.90 Å². The van der Waals surface area contributed by atoms with Crippen molar-refractivity contribution in [3.63, 3.8) is 0 Å². The van der Waals surface area contributed by atoms with Gasteiger partial charge in [0.1, 0.15) is 5.78 Å². The van der Waals surface area contributed by atoms with Crippen LogP contribution in [0.2, 0.25) is 0 Å². The number of rotatable bonds is 5. The first-order valence-electron chi connectivity index (χ1n) is 9.52. The maximum atomic E-state index is 13.2. The van der Waals surface area contributed by atoms with Crippen LogP contribution >= 0.6 is 0 Å². The van der Waals surface area contributed by atoms with Crippen molar-refractivity contribution < 1.29 is 19.4 Å². The molecule has 3 atom stereocenters. The predicted molar refractivity (Wildman–Crippen MR) is 96.9 cm³/mol. The van der Waals surface area contributed by atoms with Crippen molar-refractivity contribution in [1.29, 1.82) is 0 Å². The SMILES string of the molecule is CC1(CC[C@@H]2C(=O)[C@@H]([C@H](O)C3(C)C=CCC=C3)CC2(C)C)OCCO1. The summed E-state index contributed by atoms with van der Waals surface area (Å²) in [5, 5.41) is 11.0. The van der Waals surface area contributed by atoms with Crippen LogP contribution in [-0.4, -0.2) is 36.0 Å². The molecule has 1 N–H and O–H groups in total. The first-order chi connectivity index (χ1) is 11.7. The zero-order valence-corrected chi connectivity index (χ0v) is 16.0. The van der Waals surface area contributed by atoms with Gasteiger partial charge in [-0.05, 0) is 31.6 Å². The summed E-state index contributed by atoms with van der Waals surface area (Å²) in [5.74, 6) is -0.728. The molecule has 0 bridgehead atoms. The summed E-state index contributed by atoms with van der Waals surface area (Å²) in [4.78, 5) is 13.2. The van der Waals surface area contributed by atoms with Crippen LogP contribution in [0.5, 0.6) is 0 Å². The van der Waals surface area contributed by atoms with Crippen LogP contribution < -0.4 is 0 Å². The van der Waals surface area contributed by atoms with Gasteiger partial charge in [0, 0.05) is 23.7 Å². The number of carbonyl (C=O) groups is 1. The summed E-state index contributed by atoms with van der Waals surface area (Å²) in [7, 11) is 0. The van der Waals surface area contributed by atoms with Crippen molar-refractivity contribution >= 4 is 5.78 Å². The van der Waals surface area contributed by atoms with E-state index in [-0.39, 0.29) is 23.0 Å². The van der Waals surface area contributed by atoms with E-state index in [1.807, 2.05) is 26.0 Å². The normalized spacial score (nSPS) is 33.7. The van der Waals surface area contributed by atoms with E-state index in [0.717, 1.165) is 19.3 Å². The van der Waals surface area contributed by atoms with Gasteiger partial charge in [0.25, 0.3) is 0 Å². The van der Waals surface area contributed by atoms with Gasteiger partial charge in [0.15, 0.2) is 5.79 Å². The standard InChI is InChI=1S/C21H32O4/c1-19(2)14-15(18(23)20(3)9-6-5-7-10-20)17(22)16(19)8-11-21(4)24-12-13-25-21/h6-7,9-10,15-16,18,23H,5,8,11-14H2,1-4H3/t15-,16+,18-/m0/s1. The number of hydrogen-bond acceptors (Lipinski definition) is 4. The molecule has 0 amide bonds. The second-order valence-electron chi connectivity index (χ2n) is 8.97. The highest BCUT2D eigenvalue weighted by molar-refractivity contribution is 5.87. The lowest BCUT2D eigenvalue weighted by Gasteiger charge is -2.34. The van der Waals surface area contributed by atoms with Crippen LogP contribution in [0.25, 0.3) is 0 Å². The van der Waals surface area contributed by atoms with Crippen LogP contribution in [0.1, 0.15) is 53.4 Å². The Morgan fingerprint density at radius 3 is 2.36 bits per heavy atom. The Bertz CT molecular complexity index is 556. The average molecular weight is 348 g/mol. The Balaban J connectivity index is 1.71. The van der Waals surface area contributed by atoms with Crippen molar-refractivity contribution in [2.75, 3.05) is 13.2 Å². The van der Waals surface area contributed by atoms with E-state index >= 15 is 0 Å². The maximum absolute atomic E-state index is 13.2. The highest BCUT2D eigenvalue weighted by atomic mass is 16.7. The number of Topliss-reactive ketones (excluding diaryl/α,β-unsaturated/α-hetero) is 1. The van der Waals surface area contributed by atoms with Crippen LogP contribution in [0.3, 0.4) is 0 Å². The minimum atomic E-state index is -0.674. The van der Waals surface area contributed by atoms with Crippen molar-refractivity contribution in [2.45, 2.75) is 65.3 Å². The van der Waals surface area contributed by atoms with Gasteiger partial charge in [-0.1, -0.05) is 45.1 Å². The summed E-state index contributed by atoms with van der Waals surface area (Å²) in [5.41, 5.74) is -0.566. The third-order valence-corrected chi connectivity index (χ3v) is 6.43. The van der Waals surface area contributed by atoms with E-state index in [1.165, 1.54) is 0 Å². The number of carbonyl (C=O) groups excluding carboxylic acids is 1. The van der Waals surface area contributed by atoms with Crippen LogP contribution in [-0.2, 0) is 14.3 Å². The number of aliphatic hydroxyl groups is 1. The third kappa shape index (κ3) is 3.62. The maximum Gasteiger partial charge on any atom is 0.165 e. The fourth-order valence-electron chi connectivity index (χ4n) is 4.77. The first-order valence-corrected chi connectivity index (χ1v) is 9.52. The van der Waals surface area contributed by atoms with Crippen molar-refractivity contribution in [3.8, 4) is 0 Å². The average Bonchev–Trinajstić information content (AvgIpc) is 3.08. The smallest absolute Gasteiger partial charge is 0.165 e. The second kappa shape index (κ2) is 6.64. The van der Waals surface area contributed by atoms with Gasteiger partial charge in [0.2, 0.25) is 0 Å². The van der Waals surface area contributed by atoms with E-state index < -0.39 is 17.3 Å². The highest BCUT2D eigenvalue weighted by Gasteiger charge is 2.52. The Kier molecular flexibility index (Phi) is 5.00. The molecule has 0 spiro atoms. The molecule has 0 radical (unpaired) electrons. The molecule has 0 unspecified atom stereocenters. The van der Waals surface area contributed by atoms with Crippen molar-refractivity contribution in [3.05, 3.63) is 24.3 Å². The molecule has 1 saturated heterocycles. The van der Waals surface area contributed by atoms with E-state index in [4.69, 9.17) is 9.47 Å². The summed E-state index contributed by atoms with van der Waals surface area (Å²) in [6, 6.07) is 0. The van der Waals surface area contributed by atoms with Gasteiger partial charge in [-0.15, -0.1) is 0 Å². The molecule has 25 heavy (non-hydrogen) atoms. The molecule has 1 aliphatic heterocycles. The lowest BCUT2D eigenvalue weighted by atomic mass is 9.74. The van der Waals surface area contributed by atoms with Gasteiger partial charge in [0.05, 0.1) is 19.3 Å². The Labute approximate surface area is 151 Å². The fraction of sp³-hybridized carbons (Fsp3) is 0.762. The number of allylic oxidation sites excluding steroid dienone is 2. The molecule has 4 heteroatoms. The van der Waals surface area contributed by atoms with E-state index in [1.54, 1.807) is 0 Å². The second-order valence-corrected chi connectivity index (χ2v) is 8.97. The molecule has 1 saturated carbocycles. The molecule has 4 nitrogen and oxygen atoms in total. The summed E-state index contributed by atoms with van der Waals surface area (Å²) >= 11 is 0. The topological polar surface area (TPSA) is 55.8 Å². The Morgan fingerprint density at radius 2 is 1.76 bits per heavy atom. The molecule has 140 valence electrons. The zero-order valence-electron chi connectivity index (χ0n) is 16.0. The van der Waals surface area contributed by atoms with Crippen molar-refractivity contribution in [2.24, 2.45) is 22.7 Å². The number of ketones is 1. The Hall–Kier alpha value is -0.970. The molecular formula is C21H32O4. The molecule has 3 rings (SSSR count). The highest BCUT2D eigenvalue weighted by Crippen LogP contribution is 2.50. The minimum absolute atomic E-state index is 0.0584. The van der Waals surface area contributed by atoms with E-state index in [0.29, 0.717) is 19.6 Å². The zero-order chi connectivity index (χ0) is 18.3. The van der Waals surface area contributed by atoms with Gasteiger partial charge < -0.3 is 14.6 Å². The predicted octanol–water partition coefficient (Wildman–Crippen LogP) is 3.64. The summed E-state index contributed by atoms with van der Waals surface area (Å²) < 4.78 is 11.4. The lowest BCUT2D eigenvalue weighted by Crippen LogP contribution is -2.39. The molecular weight excluding hydrogens is 316 g/mol. The van der Waals surface area contributed by atoms with Crippen molar-refractivity contribution in [1.82, 2.24) is 0 Å². The molecule has 2 fully saturated rings. The van der Waals surface area contributed by atoms with Crippen LogP contribution in [0, 0.1) is 22.7 Å². The number of aliphatic hydroxyl groups excluding tert-OH is 1. The molecule has 0 aromatic heterocycles. The molecule has 3 aliphatic rings. The van der Waals surface area contributed by atoms with Gasteiger partial charge in [-0.3, -0.25) is 4.79 Å². The largest absolute Gasteiger partial charge is 0.391 e. The van der Waals surface area contributed by atoms with Gasteiger partial charge in [-0.25, -0.2) is 0 Å². The number of hydrogen-bond donors (Lipinski definition) is 1. The summed E-state index contributed by atoms with van der Waals surface area (Å²) in [6.45, 7) is 9.51. The van der Waals surface area contributed by atoms with Crippen LogP contribution in [0.15, 0.2) is 24.3 Å². The van der Waals surface area contributed by atoms with Gasteiger partial charge in [-0.2, -0.15) is 0 Å². The molecule has 0 aromatic carbocycles. The van der Waals surface area contributed by atoms with Gasteiger partial charge >= 0.3 is 0 Å².